The lowest BCUT2D eigenvalue weighted by Gasteiger charge is -2.32. The number of halogens is 3. The maximum Gasteiger partial charge on any atom is 0.227 e. The van der Waals surface area contributed by atoms with Crippen molar-refractivity contribution in [2.45, 2.75) is 42.8 Å². The van der Waals surface area contributed by atoms with Crippen LogP contribution in [0.15, 0.2) is 83.2 Å². The van der Waals surface area contributed by atoms with Gasteiger partial charge in [-0.05, 0) is 54.3 Å². The Kier molecular flexibility index (Phi) is 7.34. The molecule has 1 aliphatic heterocycles. The van der Waals surface area contributed by atoms with Gasteiger partial charge >= 0.3 is 0 Å². The van der Waals surface area contributed by atoms with Gasteiger partial charge in [0.05, 0.1) is 0 Å². The summed E-state index contributed by atoms with van der Waals surface area (Å²) in [4.78, 5) is 17.8. The van der Waals surface area contributed by atoms with Crippen LogP contribution in [-0.2, 0) is 17.2 Å². The van der Waals surface area contributed by atoms with Crippen molar-refractivity contribution >= 4 is 46.7 Å². The molecule has 198 valence electrons. The highest BCUT2D eigenvalue weighted by Gasteiger charge is 2.36. The number of rotatable bonds is 7. The van der Waals surface area contributed by atoms with E-state index in [9.17, 15) is 9.18 Å². The van der Waals surface area contributed by atoms with Crippen LogP contribution in [0.5, 0.6) is 5.75 Å². The third-order valence-electron chi connectivity index (χ3n) is 6.80. The zero-order valence-electron chi connectivity index (χ0n) is 20.7. The summed E-state index contributed by atoms with van der Waals surface area (Å²) in [5.41, 5.74) is 3.79. The summed E-state index contributed by atoms with van der Waals surface area (Å²) >= 11 is 13.9. The predicted molar refractivity (Wildman–Crippen MR) is 151 cm³/mol. The molecule has 6 nitrogen and oxygen atoms in total. The largest absolute Gasteiger partial charge is 0.489 e. The minimum absolute atomic E-state index is 0.101. The van der Waals surface area contributed by atoms with Gasteiger partial charge in [-0.15, -0.1) is 5.10 Å². The molecule has 1 aliphatic carbocycles. The van der Waals surface area contributed by atoms with Crippen LogP contribution in [0, 0.1) is 5.82 Å². The Hall–Kier alpha value is -3.33. The molecule has 0 amide bonds. The number of ketones is 1. The first kappa shape index (κ1) is 25.9. The number of allylic oxidation sites excluding steroid dienone is 2. The minimum Gasteiger partial charge on any atom is -0.489 e. The predicted octanol–water partition coefficient (Wildman–Crippen LogP) is 7.62. The van der Waals surface area contributed by atoms with Crippen molar-refractivity contribution in [3.8, 4) is 5.75 Å². The van der Waals surface area contributed by atoms with Crippen LogP contribution in [0.4, 0.5) is 10.3 Å². The van der Waals surface area contributed by atoms with Crippen LogP contribution < -0.4 is 10.1 Å². The molecule has 6 rings (SSSR count). The summed E-state index contributed by atoms with van der Waals surface area (Å²) in [6.45, 7) is 0.231. The van der Waals surface area contributed by atoms with Crippen molar-refractivity contribution in [1.29, 1.82) is 0 Å². The smallest absolute Gasteiger partial charge is 0.227 e. The molecule has 0 fully saturated rings. The third-order valence-corrected chi connectivity index (χ3v) is 8.40. The van der Waals surface area contributed by atoms with E-state index in [1.165, 1.54) is 17.8 Å². The molecule has 0 radical (unpaired) electrons. The number of fused-ring (bicyclic) bond motifs is 1. The summed E-state index contributed by atoms with van der Waals surface area (Å²) < 4.78 is 21.8. The number of benzene rings is 3. The van der Waals surface area contributed by atoms with Gasteiger partial charge in [-0.3, -0.25) is 4.79 Å². The Morgan fingerprint density at radius 3 is 2.56 bits per heavy atom. The number of carbonyl (C=O) groups excluding carboxylic acids is 1. The van der Waals surface area contributed by atoms with Gasteiger partial charge in [0, 0.05) is 39.1 Å². The van der Waals surface area contributed by atoms with Crippen LogP contribution in [0.1, 0.15) is 42.0 Å². The van der Waals surface area contributed by atoms with Crippen molar-refractivity contribution in [2.24, 2.45) is 0 Å². The SMILES string of the molecule is O=C1CCCC2=C1C(c1ccc(OCc3c(Cl)cccc3Cl)cc1)n1nc(SCc3ccccc3F)nc1N2. The average Bonchev–Trinajstić information content (AvgIpc) is 3.34. The second kappa shape index (κ2) is 11.0. The first-order valence-electron chi connectivity index (χ1n) is 12.5. The Bertz CT molecular complexity index is 1570. The van der Waals surface area contributed by atoms with Crippen molar-refractivity contribution < 1.29 is 13.9 Å². The van der Waals surface area contributed by atoms with Gasteiger partial charge in [0.1, 0.15) is 24.2 Å². The molecule has 3 aromatic carbocycles. The van der Waals surface area contributed by atoms with Crippen molar-refractivity contribution in [2.75, 3.05) is 5.32 Å². The molecule has 2 aliphatic rings. The average molecular weight is 582 g/mol. The van der Waals surface area contributed by atoms with E-state index in [2.05, 4.69) is 10.3 Å². The standard InChI is InChI=1S/C29H23Cl2FN4O2S/c30-21-6-3-7-22(31)20(21)15-38-19-13-11-17(12-14-19)27-26-24(9-4-10-25(26)37)33-28-34-29(35-36(27)28)39-16-18-5-1-2-8-23(18)32/h1-3,5-8,11-14,27H,4,9-10,15-16H2,(H,33,34,35). The summed E-state index contributed by atoms with van der Waals surface area (Å²) in [6, 6.07) is 19.2. The minimum atomic E-state index is -0.425. The first-order chi connectivity index (χ1) is 19.0. The Morgan fingerprint density at radius 2 is 1.79 bits per heavy atom. The van der Waals surface area contributed by atoms with E-state index in [4.69, 9.17) is 33.0 Å². The highest BCUT2D eigenvalue weighted by molar-refractivity contribution is 7.98. The molecule has 1 N–H and O–H groups in total. The zero-order valence-corrected chi connectivity index (χ0v) is 23.0. The highest BCUT2D eigenvalue weighted by Crippen LogP contribution is 2.41. The summed E-state index contributed by atoms with van der Waals surface area (Å²) in [6.07, 6.45) is 2.05. The molecule has 1 atom stereocenters. The van der Waals surface area contributed by atoms with Crippen LogP contribution in [0.3, 0.4) is 0 Å². The number of carbonyl (C=O) groups is 1. The van der Waals surface area contributed by atoms with Crippen molar-refractivity contribution in [3.05, 3.63) is 111 Å². The molecule has 10 heteroatoms. The van der Waals surface area contributed by atoms with Gasteiger partial charge in [-0.2, -0.15) is 4.98 Å². The molecular formula is C29H23Cl2FN4O2S. The second-order valence-electron chi connectivity index (χ2n) is 9.30. The maximum atomic E-state index is 14.1. The van der Waals surface area contributed by atoms with Crippen molar-refractivity contribution in [3.63, 3.8) is 0 Å². The number of Topliss-reactive ketones (excluding diaryl/α,β-unsaturated/α-hetero) is 1. The highest BCUT2D eigenvalue weighted by atomic mass is 35.5. The fourth-order valence-electron chi connectivity index (χ4n) is 4.84. The second-order valence-corrected chi connectivity index (χ2v) is 11.1. The number of anilines is 1. The van der Waals surface area contributed by atoms with E-state index in [1.54, 1.807) is 35.0 Å². The number of ether oxygens (including phenoxy) is 1. The molecule has 0 saturated heterocycles. The van der Waals surface area contributed by atoms with E-state index in [-0.39, 0.29) is 18.2 Å². The topological polar surface area (TPSA) is 69.0 Å². The lowest BCUT2D eigenvalue weighted by Crippen LogP contribution is -2.31. The molecule has 39 heavy (non-hydrogen) atoms. The normalized spacial score (nSPS) is 16.5. The molecule has 1 aromatic heterocycles. The molecule has 4 aromatic rings. The van der Waals surface area contributed by atoms with Gasteiger partial charge in [0.2, 0.25) is 11.1 Å². The first-order valence-corrected chi connectivity index (χ1v) is 14.2. The molecule has 0 bridgehead atoms. The Balaban J connectivity index is 1.27. The fraction of sp³-hybridized carbons (Fsp3) is 0.207. The van der Waals surface area contributed by atoms with E-state index in [0.717, 1.165) is 29.7 Å². The number of hydrogen-bond acceptors (Lipinski definition) is 6. The van der Waals surface area contributed by atoms with E-state index < -0.39 is 6.04 Å². The van der Waals surface area contributed by atoms with Gasteiger partial charge in [0.15, 0.2) is 5.78 Å². The van der Waals surface area contributed by atoms with Crippen LogP contribution in [0.25, 0.3) is 0 Å². The Labute approximate surface area is 239 Å². The number of nitrogens with one attached hydrogen (secondary N) is 1. The molecule has 1 unspecified atom stereocenters. The number of hydrogen-bond donors (Lipinski definition) is 1. The van der Waals surface area contributed by atoms with Crippen LogP contribution in [-0.4, -0.2) is 20.5 Å². The Morgan fingerprint density at radius 1 is 1.03 bits per heavy atom. The number of aromatic nitrogens is 3. The van der Waals surface area contributed by atoms with Gasteiger partial charge in [-0.25, -0.2) is 9.07 Å². The zero-order chi connectivity index (χ0) is 26.9. The fourth-order valence-corrected chi connectivity index (χ4v) is 6.16. The number of thioether (sulfide) groups is 1. The lowest BCUT2D eigenvalue weighted by molar-refractivity contribution is -0.116. The monoisotopic (exact) mass is 580 g/mol. The molecular weight excluding hydrogens is 558 g/mol. The summed E-state index contributed by atoms with van der Waals surface area (Å²) in [5, 5.41) is 9.67. The summed E-state index contributed by atoms with van der Waals surface area (Å²) in [7, 11) is 0. The van der Waals surface area contributed by atoms with E-state index >= 15 is 0 Å². The van der Waals surface area contributed by atoms with Crippen molar-refractivity contribution in [1.82, 2.24) is 14.8 Å². The van der Waals surface area contributed by atoms with E-state index in [0.29, 0.717) is 50.2 Å². The van der Waals surface area contributed by atoms with Crippen LogP contribution >= 0.6 is 35.0 Å². The molecule has 2 heterocycles. The van der Waals surface area contributed by atoms with Gasteiger partial charge < -0.3 is 10.1 Å². The van der Waals surface area contributed by atoms with Crippen LogP contribution in [0.2, 0.25) is 10.0 Å². The molecule has 0 saturated carbocycles. The lowest BCUT2D eigenvalue weighted by atomic mass is 9.85. The quantitative estimate of drug-likeness (QED) is 0.227. The molecule has 0 spiro atoms. The maximum absolute atomic E-state index is 14.1. The van der Waals surface area contributed by atoms with Gasteiger partial charge in [-0.1, -0.05) is 71.4 Å². The number of nitrogens with zero attached hydrogens (tertiary/aromatic N) is 3. The van der Waals surface area contributed by atoms with E-state index in [1.807, 2.05) is 30.3 Å². The van der Waals surface area contributed by atoms with Gasteiger partial charge in [0.25, 0.3) is 0 Å². The summed E-state index contributed by atoms with van der Waals surface area (Å²) in [5.74, 6) is 1.45. The third kappa shape index (κ3) is 5.29.